The Labute approximate surface area is 118 Å². The zero-order chi connectivity index (χ0) is 13.1. The Morgan fingerprint density at radius 1 is 1.44 bits per heavy atom. The summed E-state index contributed by atoms with van der Waals surface area (Å²) in [5.41, 5.74) is 1.85. The number of aryl methyl sites for hydroxylation is 1. The Hall–Kier alpha value is -1.20. The van der Waals surface area contributed by atoms with Crippen LogP contribution in [0.1, 0.15) is 12.5 Å². The van der Waals surface area contributed by atoms with Crippen LogP contribution in [0, 0.1) is 5.82 Å². The highest BCUT2D eigenvalue weighted by atomic mass is 79.9. The van der Waals surface area contributed by atoms with E-state index in [1.54, 1.807) is 0 Å². The molecule has 2 rings (SSSR count). The van der Waals surface area contributed by atoms with E-state index in [1.807, 2.05) is 25.1 Å². The number of nitrogens with zero attached hydrogens (tertiary/aromatic N) is 2. The van der Waals surface area contributed by atoms with Crippen molar-refractivity contribution >= 4 is 39.0 Å². The van der Waals surface area contributed by atoms with Crippen LogP contribution >= 0.6 is 27.5 Å². The highest BCUT2D eigenvalue weighted by Crippen LogP contribution is 2.25. The zero-order valence-electron chi connectivity index (χ0n) is 9.54. The molecule has 1 heterocycles. The second-order valence-corrected chi connectivity index (χ2v) is 4.87. The first-order chi connectivity index (χ1) is 8.60. The van der Waals surface area contributed by atoms with Gasteiger partial charge in [-0.3, -0.25) is 0 Å². The summed E-state index contributed by atoms with van der Waals surface area (Å²) < 4.78 is 14.5. The number of nitrogens with one attached hydrogen (secondary N) is 1. The third-order valence-electron chi connectivity index (χ3n) is 2.42. The maximum absolute atomic E-state index is 13.5. The quantitative estimate of drug-likeness (QED) is 0.851. The molecule has 0 fully saturated rings. The van der Waals surface area contributed by atoms with Gasteiger partial charge in [0, 0.05) is 10.2 Å². The summed E-state index contributed by atoms with van der Waals surface area (Å²) in [5, 5.41) is 2.94. The first-order valence-electron chi connectivity index (χ1n) is 5.33. The average Bonchev–Trinajstić information content (AvgIpc) is 2.36. The molecule has 2 aromatic rings. The highest BCUT2D eigenvalue weighted by Gasteiger charge is 2.08. The molecule has 0 aliphatic heterocycles. The molecule has 18 heavy (non-hydrogen) atoms. The molecule has 0 saturated heterocycles. The van der Waals surface area contributed by atoms with Crippen molar-refractivity contribution in [3.05, 3.63) is 45.5 Å². The molecule has 0 aliphatic rings. The van der Waals surface area contributed by atoms with Crippen LogP contribution in [0.25, 0.3) is 0 Å². The molecule has 0 spiro atoms. The van der Waals surface area contributed by atoms with Crippen LogP contribution < -0.4 is 5.32 Å². The summed E-state index contributed by atoms with van der Waals surface area (Å²) in [6.07, 6.45) is 1.87. The second kappa shape index (κ2) is 5.63. The molecular formula is C12H10BrClFN3. The lowest BCUT2D eigenvalue weighted by Crippen LogP contribution is -2.01. The van der Waals surface area contributed by atoms with Crippen molar-refractivity contribution in [1.82, 2.24) is 9.97 Å². The largest absolute Gasteiger partial charge is 0.337 e. The van der Waals surface area contributed by atoms with Gasteiger partial charge >= 0.3 is 0 Å². The van der Waals surface area contributed by atoms with Gasteiger partial charge in [0.05, 0.1) is 6.20 Å². The smallest absolute Gasteiger partial charge is 0.224 e. The van der Waals surface area contributed by atoms with Crippen LogP contribution in [0.5, 0.6) is 0 Å². The lowest BCUT2D eigenvalue weighted by molar-refractivity contribution is 0.619. The Kier molecular flexibility index (Phi) is 4.14. The minimum Gasteiger partial charge on any atom is -0.337 e. The summed E-state index contributed by atoms with van der Waals surface area (Å²) >= 11 is 9.05. The fraction of sp³-hybridized carbons (Fsp3) is 0.167. The minimum absolute atomic E-state index is 0.00839. The van der Waals surface area contributed by atoms with Gasteiger partial charge in [0.1, 0.15) is 0 Å². The topological polar surface area (TPSA) is 37.8 Å². The number of rotatable bonds is 3. The molecule has 0 unspecified atom stereocenters. The van der Waals surface area contributed by atoms with Crippen LogP contribution in [-0.4, -0.2) is 9.97 Å². The van der Waals surface area contributed by atoms with Crippen LogP contribution in [0.4, 0.5) is 15.9 Å². The lowest BCUT2D eigenvalue weighted by atomic mass is 10.1. The third-order valence-corrected chi connectivity index (χ3v) is 3.09. The molecule has 0 radical (unpaired) electrons. The number of anilines is 2. The SMILES string of the molecule is CCc1cc(Br)ccc1Nc1nc(Cl)ncc1F. The van der Waals surface area contributed by atoms with Crippen molar-refractivity contribution in [2.45, 2.75) is 13.3 Å². The van der Waals surface area contributed by atoms with Crippen molar-refractivity contribution < 1.29 is 4.39 Å². The predicted octanol–water partition coefficient (Wildman–Crippen LogP) is 4.34. The number of hydrogen-bond donors (Lipinski definition) is 1. The van der Waals surface area contributed by atoms with Gasteiger partial charge in [-0.25, -0.2) is 9.37 Å². The zero-order valence-corrected chi connectivity index (χ0v) is 11.9. The number of aromatic nitrogens is 2. The summed E-state index contributed by atoms with van der Waals surface area (Å²) in [6, 6.07) is 5.71. The molecule has 0 bridgehead atoms. The van der Waals surface area contributed by atoms with Crippen molar-refractivity contribution in [3.8, 4) is 0 Å². The molecular weight excluding hydrogens is 321 g/mol. The molecule has 3 nitrogen and oxygen atoms in total. The van der Waals surface area contributed by atoms with Crippen molar-refractivity contribution in [3.63, 3.8) is 0 Å². The maximum atomic E-state index is 13.5. The van der Waals surface area contributed by atoms with Gasteiger partial charge in [0.15, 0.2) is 11.6 Å². The van der Waals surface area contributed by atoms with Gasteiger partial charge in [-0.05, 0) is 41.8 Å². The van der Waals surface area contributed by atoms with Crippen LogP contribution in [-0.2, 0) is 6.42 Å². The monoisotopic (exact) mass is 329 g/mol. The van der Waals surface area contributed by atoms with E-state index < -0.39 is 5.82 Å². The summed E-state index contributed by atoms with van der Waals surface area (Å²) in [7, 11) is 0. The van der Waals surface area contributed by atoms with E-state index in [0.717, 1.165) is 28.3 Å². The first kappa shape index (κ1) is 13.2. The van der Waals surface area contributed by atoms with E-state index >= 15 is 0 Å². The normalized spacial score (nSPS) is 10.4. The Balaban J connectivity index is 2.36. The van der Waals surface area contributed by atoms with Crippen molar-refractivity contribution in [2.24, 2.45) is 0 Å². The third kappa shape index (κ3) is 2.97. The van der Waals surface area contributed by atoms with E-state index in [9.17, 15) is 4.39 Å². The highest BCUT2D eigenvalue weighted by molar-refractivity contribution is 9.10. The lowest BCUT2D eigenvalue weighted by Gasteiger charge is -2.11. The standard InChI is InChI=1S/C12H10BrClFN3/c1-2-7-5-8(13)3-4-10(7)17-11-9(15)6-16-12(14)18-11/h3-6H,2H2,1H3,(H,16,17,18). The minimum atomic E-state index is -0.538. The van der Waals surface area contributed by atoms with Gasteiger partial charge in [-0.15, -0.1) is 0 Å². The molecule has 0 atom stereocenters. The first-order valence-corrected chi connectivity index (χ1v) is 6.50. The average molecular weight is 331 g/mol. The number of halogens is 3. The van der Waals surface area contributed by atoms with E-state index in [2.05, 4.69) is 31.2 Å². The molecule has 0 amide bonds. The Bertz CT molecular complexity index is 577. The number of benzene rings is 1. The molecule has 0 saturated carbocycles. The predicted molar refractivity (Wildman–Crippen MR) is 73.8 cm³/mol. The Morgan fingerprint density at radius 3 is 2.94 bits per heavy atom. The van der Waals surface area contributed by atoms with Crippen molar-refractivity contribution in [2.75, 3.05) is 5.32 Å². The van der Waals surface area contributed by atoms with Crippen LogP contribution in [0.15, 0.2) is 28.9 Å². The van der Waals surface area contributed by atoms with Crippen molar-refractivity contribution in [1.29, 1.82) is 0 Å². The van der Waals surface area contributed by atoms with Gasteiger partial charge in [0.25, 0.3) is 0 Å². The Morgan fingerprint density at radius 2 is 2.22 bits per heavy atom. The molecule has 0 aliphatic carbocycles. The molecule has 94 valence electrons. The van der Waals surface area contributed by atoms with Gasteiger partial charge in [0.2, 0.25) is 5.28 Å². The van der Waals surface area contributed by atoms with E-state index in [4.69, 9.17) is 11.6 Å². The van der Waals surface area contributed by atoms with E-state index in [0.29, 0.717) is 0 Å². The second-order valence-electron chi connectivity index (χ2n) is 3.62. The van der Waals surface area contributed by atoms with Crippen LogP contribution in [0.2, 0.25) is 5.28 Å². The molecule has 1 aromatic carbocycles. The fourth-order valence-electron chi connectivity index (χ4n) is 1.54. The number of hydrogen-bond acceptors (Lipinski definition) is 3. The van der Waals surface area contributed by atoms with Gasteiger partial charge < -0.3 is 5.32 Å². The van der Waals surface area contributed by atoms with Gasteiger partial charge in [-0.2, -0.15) is 4.98 Å². The summed E-state index contributed by atoms with van der Waals surface area (Å²) in [4.78, 5) is 7.39. The molecule has 1 aromatic heterocycles. The molecule has 1 N–H and O–H groups in total. The van der Waals surface area contributed by atoms with Gasteiger partial charge in [-0.1, -0.05) is 22.9 Å². The summed E-state index contributed by atoms with van der Waals surface area (Å²) in [5.74, 6) is -0.462. The maximum Gasteiger partial charge on any atom is 0.224 e. The van der Waals surface area contributed by atoms with Crippen LogP contribution in [0.3, 0.4) is 0 Å². The van der Waals surface area contributed by atoms with E-state index in [-0.39, 0.29) is 11.1 Å². The molecule has 6 heteroatoms. The fourth-order valence-corrected chi connectivity index (χ4v) is 2.08. The van der Waals surface area contributed by atoms with E-state index in [1.165, 1.54) is 0 Å². The summed E-state index contributed by atoms with van der Waals surface area (Å²) in [6.45, 7) is 2.02.